The van der Waals surface area contributed by atoms with Gasteiger partial charge in [0.25, 0.3) is 0 Å². The van der Waals surface area contributed by atoms with Crippen LogP contribution in [-0.4, -0.2) is 18.5 Å². The third-order valence-corrected chi connectivity index (χ3v) is 1.44. The molecule has 0 aliphatic carbocycles. The Bertz CT molecular complexity index is 113. The van der Waals surface area contributed by atoms with Crippen molar-refractivity contribution in [2.45, 2.75) is 39.2 Å². The fourth-order valence-corrected chi connectivity index (χ4v) is 0.870. The van der Waals surface area contributed by atoms with Crippen molar-refractivity contribution in [1.29, 1.82) is 0 Å². The zero-order valence-electron chi connectivity index (χ0n) is 7.39. The van der Waals surface area contributed by atoms with Gasteiger partial charge in [-0.1, -0.05) is 0 Å². The van der Waals surface area contributed by atoms with E-state index in [0.717, 1.165) is 19.4 Å². The third kappa shape index (κ3) is 7.33. The van der Waals surface area contributed by atoms with Crippen LogP contribution >= 0.6 is 0 Å². The number of hydrogen-bond acceptors (Lipinski definition) is 2. The third-order valence-electron chi connectivity index (χ3n) is 1.44. The zero-order valence-corrected chi connectivity index (χ0v) is 7.39. The minimum absolute atomic E-state index is 0.133. The summed E-state index contributed by atoms with van der Waals surface area (Å²) < 4.78 is 0. The van der Waals surface area contributed by atoms with Gasteiger partial charge in [-0.3, -0.25) is 4.79 Å². The van der Waals surface area contributed by atoms with Crippen LogP contribution in [-0.2, 0) is 4.79 Å². The second-order valence-electron chi connectivity index (χ2n) is 2.82. The lowest BCUT2D eigenvalue weighted by atomic mass is 10.1. The summed E-state index contributed by atoms with van der Waals surface area (Å²) in [6, 6.07) is 0.212. The lowest BCUT2D eigenvalue weighted by Crippen LogP contribution is -2.23. The van der Waals surface area contributed by atoms with Gasteiger partial charge < -0.3 is 11.1 Å². The van der Waals surface area contributed by atoms with Crippen molar-refractivity contribution in [3.05, 3.63) is 0 Å². The van der Waals surface area contributed by atoms with Gasteiger partial charge in [0.1, 0.15) is 0 Å². The minimum Gasteiger partial charge on any atom is -0.356 e. The average molecular weight is 158 g/mol. The second-order valence-corrected chi connectivity index (χ2v) is 2.82. The van der Waals surface area contributed by atoms with E-state index < -0.39 is 0 Å². The van der Waals surface area contributed by atoms with Crippen molar-refractivity contribution in [1.82, 2.24) is 5.32 Å². The summed E-state index contributed by atoms with van der Waals surface area (Å²) in [5.41, 5.74) is 5.52. The Morgan fingerprint density at radius 1 is 1.64 bits per heavy atom. The summed E-state index contributed by atoms with van der Waals surface area (Å²) >= 11 is 0. The van der Waals surface area contributed by atoms with Gasteiger partial charge in [-0.05, 0) is 26.7 Å². The predicted molar refractivity (Wildman–Crippen MR) is 46.2 cm³/mol. The molecule has 1 atom stereocenters. The van der Waals surface area contributed by atoms with Crippen molar-refractivity contribution in [3.63, 3.8) is 0 Å². The normalized spacial score (nSPS) is 12.6. The molecule has 0 bridgehead atoms. The number of nitrogens with two attached hydrogens (primary N) is 1. The number of amides is 1. The highest BCUT2D eigenvalue weighted by Gasteiger charge is 1.99. The van der Waals surface area contributed by atoms with E-state index in [9.17, 15) is 4.79 Å². The topological polar surface area (TPSA) is 55.1 Å². The van der Waals surface area contributed by atoms with E-state index in [1.54, 1.807) is 0 Å². The van der Waals surface area contributed by atoms with Gasteiger partial charge in [-0.15, -0.1) is 0 Å². The molecule has 0 fully saturated rings. The number of nitrogens with one attached hydrogen (secondary N) is 1. The highest BCUT2D eigenvalue weighted by molar-refractivity contribution is 5.75. The summed E-state index contributed by atoms with van der Waals surface area (Å²) in [4.78, 5) is 10.9. The van der Waals surface area contributed by atoms with Crippen LogP contribution < -0.4 is 11.1 Å². The number of rotatable bonds is 5. The molecule has 0 saturated heterocycles. The van der Waals surface area contributed by atoms with E-state index in [1.807, 2.05) is 13.8 Å². The standard InChI is InChI=1S/C8H18N2O/c1-3-10-8(11)6-4-5-7(2)9/h7H,3-6,9H2,1-2H3,(H,10,11). The van der Waals surface area contributed by atoms with Gasteiger partial charge in [-0.25, -0.2) is 0 Å². The fraction of sp³-hybridized carbons (Fsp3) is 0.875. The van der Waals surface area contributed by atoms with Gasteiger partial charge in [0.15, 0.2) is 0 Å². The highest BCUT2D eigenvalue weighted by atomic mass is 16.1. The largest absolute Gasteiger partial charge is 0.356 e. The lowest BCUT2D eigenvalue weighted by Gasteiger charge is -2.04. The molecule has 1 unspecified atom stereocenters. The van der Waals surface area contributed by atoms with Crippen LogP contribution in [0.3, 0.4) is 0 Å². The molecular weight excluding hydrogens is 140 g/mol. The van der Waals surface area contributed by atoms with E-state index >= 15 is 0 Å². The molecule has 66 valence electrons. The predicted octanol–water partition coefficient (Wildman–Crippen LogP) is 0.640. The molecule has 3 nitrogen and oxygen atoms in total. The molecule has 11 heavy (non-hydrogen) atoms. The van der Waals surface area contributed by atoms with Crippen LogP contribution in [0, 0.1) is 0 Å². The summed E-state index contributed by atoms with van der Waals surface area (Å²) in [5, 5.41) is 2.74. The van der Waals surface area contributed by atoms with Crippen LogP contribution in [0.4, 0.5) is 0 Å². The van der Waals surface area contributed by atoms with E-state index in [4.69, 9.17) is 5.73 Å². The van der Waals surface area contributed by atoms with Crippen LogP contribution in [0.2, 0.25) is 0 Å². The van der Waals surface area contributed by atoms with E-state index in [1.165, 1.54) is 0 Å². The lowest BCUT2D eigenvalue weighted by molar-refractivity contribution is -0.121. The Morgan fingerprint density at radius 3 is 2.73 bits per heavy atom. The van der Waals surface area contributed by atoms with E-state index in [2.05, 4.69) is 5.32 Å². The van der Waals surface area contributed by atoms with Crippen LogP contribution in [0.25, 0.3) is 0 Å². The van der Waals surface area contributed by atoms with Crippen LogP contribution in [0.15, 0.2) is 0 Å². The average Bonchev–Trinajstić information content (AvgIpc) is 1.87. The smallest absolute Gasteiger partial charge is 0.219 e. The molecule has 0 spiro atoms. The van der Waals surface area contributed by atoms with Crippen molar-refractivity contribution in [2.75, 3.05) is 6.54 Å². The Labute approximate surface area is 68.3 Å². The van der Waals surface area contributed by atoms with Crippen LogP contribution in [0.5, 0.6) is 0 Å². The molecule has 0 aliphatic rings. The summed E-state index contributed by atoms with van der Waals surface area (Å²) in [6.07, 6.45) is 2.43. The summed E-state index contributed by atoms with van der Waals surface area (Å²) in [6.45, 7) is 4.60. The maximum atomic E-state index is 10.9. The quantitative estimate of drug-likeness (QED) is 0.617. The Morgan fingerprint density at radius 2 is 2.27 bits per heavy atom. The monoisotopic (exact) mass is 158 g/mol. The van der Waals surface area contributed by atoms with Crippen molar-refractivity contribution >= 4 is 5.91 Å². The number of carbonyl (C=O) groups excluding carboxylic acids is 1. The first-order valence-corrected chi connectivity index (χ1v) is 4.19. The maximum absolute atomic E-state index is 10.9. The van der Waals surface area contributed by atoms with Gasteiger partial charge >= 0.3 is 0 Å². The van der Waals surface area contributed by atoms with Gasteiger partial charge in [0.2, 0.25) is 5.91 Å². The second kappa shape index (κ2) is 6.16. The van der Waals surface area contributed by atoms with Gasteiger partial charge in [0, 0.05) is 19.0 Å². The highest BCUT2D eigenvalue weighted by Crippen LogP contribution is 1.97. The van der Waals surface area contributed by atoms with E-state index in [0.29, 0.717) is 6.42 Å². The molecule has 0 radical (unpaired) electrons. The number of hydrogen-bond donors (Lipinski definition) is 2. The van der Waals surface area contributed by atoms with Crippen molar-refractivity contribution < 1.29 is 4.79 Å². The van der Waals surface area contributed by atoms with E-state index in [-0.39, 0.29) is 11.9 Å². The first-order chi connectivity index (χ1) is 5.16. The maximum Gasteiger partial charge on any atom is 0.219 e. The molecule has 0 aromatic heterocycles. The molecule has 0 aliphatic heterocycles. The SMILES string of the molecule is CCNC(=O)CCCC(C)N. The molecule has 1 amide bonds. The first-order valence-electron chi connectivity index (χ1n) is 4.19. The number of carbonyl (C=O) groups is 1. The Kier molecular flexibility index (Phi) is 5.84. The molecule has 3 heteroatoms. The fourth-order valence-electron chi connectivity index (χ4n) is 0.870. The van der Waals surface area contributed by atoms with Gasteiger partial charge in [-0.2, -0.15) is 0 Å². The Balaban J connectivity index is 3.17. The molecule has 0 heterocycles. The van der Waals surface area contributed by atoms with Crippen LogP contribution in [0.1, 0.15) is 33.1 Å². The first kappa shape index (κ1) is 10.4. The summed E-state index contributed by atoms with van der Waals surface area (Å²) in [5.74, 6) is 0.133. The molecule has 0 aromatic rings. The molecule has 0 aromatic carbocycles. The van der Waals surface area contributed by atoms with Crippen molar-refractivity contribution in [3.8, 4) is 0 Å². The Hall–Kier alpha value is -0.570. The minimum atomic E-state index is 0.133. The summed E-state index contributed by atoms with van der Waals surface area (Å²) in [7, 11) is 0. The van der Waals surface area contributed by atoms with Gasteiger partial charge in [0.05, 0.1) is 0 Å². The zero-order chi connectivity index (χ0) is 8.69. The molecule has 0 rings (SSSR count). The molecule has 3 N–H and O–H groups in total. The molecular formula is C8H18N2O. The van der Waals surface area contributed by atoms with Crippen molar-refractivity contribution in [2.24, 2.45) is 5.73 Å². The molecule has 0 saturated carbocycles.